The summed E-state index contributed by atoms with van der Waals surface area (Å²) in [7, 11) is 0.985. The van der Waals surface area contributed by atoms with Gasteiger partial charge in [-0.3, -0.25) is 10.1 Å². The second-order valence-electron chi connectivity index (χ2n) is 8.03. The Kier molecular flexibility index (Phi) is 7.25. The van der Waals surface area contributed by atoms with Gasteiger partial charge in [0.05, 0.1) is 24.0 Å². The Morgan fingerprint density at radius 3 is 2.59 bits per heavy atom. The lowest BCUT2D eigenvalue weighted by Crippen LogP contribution is -2.39. The zero-order valence-corrected chi connectivity index (χ0v) is 19.6. The molecule has 32 heavy (non-hydrogen) atoms. The number of nitro benzene ring substituents is 1. The van der Waals surface area contributed by atoms with Crippen LogP contribution in [0.25, 0.3) is 0 Å². The van der Waals surface area contributed by atoms with E-state index in [4.69, 9.17) is 9.47 Å². The highest BCUT2D eigenvalue weighted by Gasteiger charge is 2.31. The molecule has 1 heterocycles. The van der Waals surface area contributed by atoms with Gasteiger partial charge in [0.25, 0.3) is 5.69 Å². The van der Waals surface area contributed by atoms with Crippen LogP contribution in [0.15, 0.2) is 41.3 Å². The lowest BCUT2D eigenvalue weighted by Gasteiger charge is -2.30. The second-order valence-corrected chi connectivity index (χ2v) is 9.96. The molecule has 2 aromatic rings. The lowest BCUT2D eigenvalue weighted by molar-refractivity contribution is -0.384. The highest BCUT2D eigenvalue weighted by molar-refractivity contribution is 7.89. The van der Waals surface area contributed by atoms with Crippen molar-refractivity contribution in [1.82, 2.24) is 4.31 Å². The highest BCUT2D eigenvalue weighted by Crippen LogP contribution is 2.36. The van der Waals surface area contributed by atoms with Crippen molar-refractivity contribution in [2.24, 2.45) is 5.92 Å². The van der Waals surface area contributed by atoms with Crippen LogP contribution < -0.4 is 14.4 Å². The molecule has 0 radical (unpaired) electrons. The number of anilines is 1. The minimum Gasteiger partial charge on any atom is -0.493 e. The van der Waals surface area contributed by atoms with Crippen LogP contribution in [0.1, 0.15) is 25.3 Å². The van der Waals surface area contributed by atoms with Crippen molar-refractivity contribution in [1.29, 1.82) is 0 Å². The Morgan fingerprint density at radius 2 is 1.97 bits per heavy atom. The fourth-order valence-corrected chi connectivity index (χ4v) is 5.68. The Morgan fingerprint density at radius 1 is 1.22 bits per heavy atom. The van der Waals surface area contributed by atoms with E-state index in [1.54, 1.807) is 25.1 Å². The van der Waals surface area contributed by atoms with E-state index < -0.39 is 14.9 Å². The molecule has 0 bridgehead atoms. The van der Waals surface area contributed by atoms with Crippen LogP contribution in [0, 0.1) is 16.0 Å². The monoisotopic (exact) mass is 463 g/mol. The van der Waals surface area contributed by atoms with Gasteiger partial charge >= 0.3 is 0 Å². The van der Waals surface area contributed by atoms with Crippen LogP contribution in [0.3, 0.4) is 0 Å². The third-order valence-corrected chi connectivity index (χ3v) is 7.57. The third-order valence-electron chi connectivity index (χ3n) is 5.70. The van der Waals surface area contributed by atoms with Gasteiger partial charge in [0.2, 0.25) is 10.0 Å². The minimum absolute atomic E-state index is 0.0607. The van der Waals surface area contributed by atoms with E-state index in [2.05, 4.69) is 0 Å². The fraction of sp³-hybridized carbons (Fsp3) is 0.455. The largest absolute Gasteiger partial charge is 0.493 e. The Bertz CT molecular complexity index is 1090. The zero-order chi connectivity index (χ0) is 23.5. The van der Waals surface area contributed by atoms with E-state index in [9.17, 15) is 18.5 Å². The summed E-state index contributed by atoms with van der Waals surface area (Å²) in [6.45, 7) is 3.16. The van der Waals surface area contributed by atoms with Crippen LogP contribution >= 0.6 is 0 Å². The van der Waals surface area contributed by atoms with Gasteiger partial charge in [-0.2, -0.15) is 4.31 Å². The molecule has 3 rings (SSSR count). The van der Waals surface area contributed by atoms with E-state index in [-0.39, 0.29) is 16.5 Å². The summed E-state index contributed by atoms with van der Waals surface area (Å²) in [6, 6.07) is 9.52. The number of benzene rings is 2. The van der Waals surface area contributed by atoms with Crippen molar-refractivity contribution < 1.29 is 22.8 Å². The molecule has 0 saturated carbocycles. The Hall–Kier alpha value is -2.85. The first-order valence-corrected chi connectivity index (χ1v) is 11.8. The molecule has 174 valence electrons. The molecule has 1 saturated heterocycles. The first-order chi connectivity index (χ1) is 15.2. The number of hydrogen-bond acceptors (Lipinski definition) is 7. The van der Waals surface area contributed by atoms with Crippen molar-refractivity contribution >= 4 is 21.4 Å². The van der Waals surface area contributed by atoms with Gasteiger partial charge < -0.3 is 14.4 Å². The number of nitro groups is 1. The van der Waals surface area contributed by atoms with Gasteiger partial charge in [-0.05, 0) is 37.0 Å². The maximum Gasteiger partial charge on any atom is 0.293 e. The number of piperidine rings is 1. The maximum absolute atomic E-state index is 13.1. The Balaban J connectivity index is 1.94. The topological polar surface area (TPSA) is 102 Å². The van der Waals surface area contributed by atoms with E-state index in [1.165, 1.54) is 23.5 Å². The molecule has 2 aromatic carbocycles. The predicted molar refractivity (Wildman–Crippen MR) is 122 cm³/mol. The van der Waals surface area contributed by atoms with Crippen molar-refractivity contribution in [3.8, 4) is 11.5 Å². The molecular formula is C22H29N3O6S. The van der Waals surface area contributed by atoms with Crippen molar-refractivity contribution in [2.75, 3.05) is 39.3 Å². The third kappa shape index (κ3) is 4.81. The first-order valence-electron chi connectivity index (χ1n) is 10.4. The van der Waals surface area contributed by atoms with E-state index >= 15 is 0 Å². The fourth-order valence-electron chi connectivity index (χ4n) is 4.07. The molecule has 0 amide bonds. The molecule has 0 aromatic heterocycles. The summed E-state index contributed by atoms with van der Waals surface area (Å²) in [5.41, 5.74) is 0.828. The number of para-hydroxylation sites is 1. The lowest BCUT2D eigenvalue weighted by atomic mass is 10.0. The van der Waals surface area contributed by atoms with Crippen LogP contribution in [0.2, 0.25) is 0 Å². The summed E-state index contributed by atoms with van der Waals surface area (Å²) in [6.07, 6.45) is 1.76. The van der Waals surface area contributed by atoms with Gasteiger partial charge in [0.1, 0.15) is 5.69 Å². The molecule has 0 aliphatic carbocycles. The van der Waals surface area contributed by atoms with Crippen LogP contribution in [0.5, 0.6) is 11.5 Å². The molecule has 9 nitrogen and oxygen atoms in total. The van der Waals surface area contributed by atoms with Crippen molar-refractivity contribution in [3.05, 3.63) is 52.1 Å². The van der Waals surface area contributed by atoms with Gasteiger partial charge in [-0.1, -0.05) is 19.1 Å². The maximum atomic E-state index is 13.1. The molecular weight excluding hydrogens is 434 g/mol. The number of sulfonamides is 1. The SMILES string of the molecule is COc1cccc(CN(C)c2ccc(S(=O)(=O)N3CCCC(C)C3)cc2[N+](=O)[O-])c1OC. The van der Waals surface area contributed by atoms with E-state index in [1.807, 2.05) is 19.1 Å². The zero-order valence-electron chi connectivity index (χ0n) is 18.8. The van der Waals surface area contributed by atoms with Gasteiger partial charge in [0, 0.05) is 38.3 Å². The summed E-state index contributed by atoms with van der Waals surface area (Å²) < 4.78 is 38.4. The van der Waals surface area contributed by atoms with Crippen LogP contribution in [-0.4, -0.2) is 52.0 Å². The summed E-state index contributed by atoms with van der Waals surface area (Å²) in [4.78, 5) is 12.9. The quantitative estimate of drug-likeness (QED) is 0.435. The second kappa shape index (κ2) is 9.74. The van der Waals surface area contributed by atoms with Crippen molar-refractivity contribution in [2.45, 2.75) is 31.2 Å². The number of ether oxygens (including phenoxy) is 2. The summed E-state index contributed by atoms with van der Waals surface area (Å²) >= 11 is 0. The molecule has 1 atom stereocenters. The summed E-state index contributed by atoms with van der Waals surface area (Å²) in [5, 5.41) is 11.8. The normalized spacial score (nSPS) is 17.1. The minimum atomic E-state index is -3.80. The molecule has 0 spiro atoms. The average Bonchev–Trinajstić information content (AvgIpc) is 2.78. The molecule has 1 aliphatic rings. The van der Waals surface area contributed by atoms with E-state index in [0.717, 1.165) is 24.5 Å². The number of rotatable bonds is 8. The predicted octanol–water partition coefficient (Wildman–Crippen LogP) is 3.67. The molecule has 0 N–H and O–H groups in total. The highest BCUT2D eigenvalue weighted by atomic mass is 32.2. The van der Waals surface area contributed by atoms with Crippen LogP contribution in [0.4, 0.5) is 11.4 Å². The molecule has 1 fully saturated rings. The number of nitrogens with zero attached hydrogens (tertiary/aromatic N) is 3. The summed E-state index contributed by atoms with van der Waals surface area (Å²) in [5.74, 6) is 1.37. The van der Waals surface area contributed by atoms with Gasteiger partial charge in [-0.25, -0.2) is 8.42 Å². The van der Waals surface area contributed by atoms with Crippen LogP contribution in [-0.2, 0) is 16.6 Å². The average molecular weight is 464 g/mol. The Labute approximate surface area is 188 Å². The standard InChI is InChI=1S/C22H29N3O6S/c1-16-7-6-12-24(14-16)32(28,29)18-10-11-19(20(13-18)25(26)27)23(2)15-17-8-5-9-21(30-3)22(17)31-4/h5,8-11,13,16H,6-7,12,14-15H2,1-4H3. The van der Waals surface area contributed by atoms with E-state index in [0.29, 0.717) is 36.8 Å². The molecule has 10 heteroatoms. The molecule has 1 aliphatic heterocycles. The molecule has 1 unspecified atom stereocenters. The van der Waals surface area contributed by atoms with Gasteiger partial charge in [0.15, 0.2) is 11.5 Å². The first kappa shape index (κ1) is 23.8. The van der Waals surface area contributed by atoms with Crippen molar-refractivity contribution in [3.63, 3.8) is 0 Å². The van der Waals surface area contributed by atoms with Gasteiger partial charge in [-0.15, -0.1) is 0 Å². The smallest absolute Gasteiger partial charge is 0.293 e. The number of hydrogen-bond donors (Lipinski definition) is 0. The number of methoxy groups -OCH3 is 2.